The van der Waals surface area contributed by atoms with Gasteiger partial charge in [-0.25, -0.2) is 28.7 Å². The lowest BCUT2D eigenvalue weighted by atomic mass is 9.81. The van der Waals surface area contributed by atoms with Gasteiger partial charge in [-0.3, -0.25) is 4.79 Å². The molecule has 0 bridgehead atoms. The van der Waals surface area contributed by atoms with Crippen LogP contribution in [0, 0.1) is 24.5 Å². The molecule has 0 unspecified atom stereocenters. The predicted molar refractivity (Wildman–Crippen MR) is 139 cm³/mol. The topological polar surface area (TPSA) is 109 Å². The molecule has 2 N–H and O–H groups in total. The molecule has 200 valence electrons. The summed E-state index contributed by atoms with van der Waals surface area (Å²) in [6.45, 7) is 2.90. The number of halogens is 2. The zero-order chi connectivity index (χ0) is 26.8. The van der Waals surface area contributed by atoms with Crippen LogP contribution in [-0.2, 0) is 17.8 Å². The molecule has 39 heavy (non-hydrogen) atoms. The second kappa shape index (κ2) is 9.04. The lowest BCUT2D eigenvalue weighted by Crippen LogP contribution is -2.45. The number of aliphatic hydroxyl groups is 1. The van der Waals surface area contributed by atoms with Gasteiger partial charge in [0.05, 0.1) is 17.8 Å². The molecule has 11 heteroatoms. The van der Waals surface area contributed by atoms with Crippen LogP contribution in [0.25, 0.3) is 22.3 Å². The number of rotatable bonds is 5. The van der Waals surface area contributed by atoms with Crippen LogP contribution in [0.3, 0.4) is 0 Å². The van der Waals surface area contributed by atoms with E-state index in [4.69, 9.17) is 0 Å². The molecule has 9 nitrogen and oxygen atoms in total. The number of nitrogens with zero attached hydrogens (tertiary/aromatic N) is 6. The van der Waals surface area contributed by atoms with Gasteiger partial charge in [0.15, 0.2) is 11.6 Å². The molecule has 1 aliphatic heterocycles. The molecule has 0 saturated heterocycles. The number of aromatic nitrogens is 5. The number of pyridine rings is 1. The smallest absolute Gasteiger partial charge is 0.229 e. The molecule has 0 radical (unpaired) electrons. The van der Waals surface area contributed by atoms with Crippen molar-refractivity contribution in [3.63, 3.8) is 0 Å². The normalized spacial score (nSPS) is 20.6. The number of hydrogen-bond donors (Lipinski definition) is 2. The van der Waals surface area contributed by atoms with Gasteiger partial charge in [-0.15, -0.1) is 0 Å². The Balaban J connectivity index is 1.13. The van der Waals surface area contributed by atoms with Crippen LogP contribution in [0.15, 0.2) is 30.5 Å². The molecule has 4 aromatic rings. The number of nitrogens with one attached hydrogen (secondary N) is 1. The average Bonchev–Trinajstić information content (AvgIpc) is 3.68. The minimum atomic E-state index is -0.657. The highest BCUT2D eigenvalue weighted by Crippen LogP contribution is 2.40. The minimum absolute atomic E-state index is 0.0114. The van der Waals surface area contributed by atoms with Crippen molar-refractivity contribution in [1.29, 1.82) is 0 Å². The number of anilines is 2. The molecule has 3 aliphatic rings. The summed E-state index contributed by atoms with van der Waals surface area (Å²) >= 11 is 0. The van der Waals surface area contributed by atoms with E-state index in [0.717, 1.165) is 36.1 Å². The Hall–Kier alpha value is -3.99. The third kappa shape index (κ3) is 4.30. The molecule has 0 spiro atoms. The highest BCUT2D eigenvalue weighted by Gasteiger charge is 2.36. The number of hydrogen-bond acceptors (Lipinski definition) is 7. The van der Waals surface area contributed by atoms with Crippen molar-refractivity contribution >= 4 is 28.7 Å². The summed E-state index contributed by atoms with van der Waals surface area (Å²) in [6.07, 6.45) is 4.41. The number of fused-ring (bicyclic) bond motifs is 2. The summed E-state index contributed by atoms with van der Waals surface area (Å²) in [6, 6.07) is 6.98. The Labute approximate surface area is 222 Å². The molecule has 2 fully saturated rings. The number of benzene rings is 1. The quantitative estimate of drug-likeness (QED) is 0.397. The number of amides is 1. The summed E-state index contributed by atoms with van der Waals surface area (Å²) in [5.74, 6) is 0.199. The van der Waals surface area contributed by atoms with E-state index in [1.807, 2.05) is 22.5 Å². The maximum Gasteiger partial charge on any atom is 0.229 e. The van der Waals surface area contributed by atoms with Crippen LogP contribution >= 0.6 is 0 Å². The largest absolute Gasteiger partial charge is 0.393 e. The Morgan fingerprint density at radius 3 is 2.69 bits per heavy atom. The Morgan fingerprint density at radius 2 is 1.92 bits per heavy atom. The van der Waals surface area contributed by atoms with E-state index in [0.29, 0.717) is 55.3 Å². The fourth-order valence-electron chi connectivity index (χ4n) is 5.67. The summed E-state index contributed by atoms with van der Waals surface area (Å²) in [5, 5.41) is 12.6. The maximum atomic E-state index is 15.0. The summed E-state index contributed by atoms with van der Waals surface area (Å²) in [5.41, 5.74) is 3.05. The van der Waals surface area contributed by atoms with Crippen molar-refractivity contribution in [2.24, 2.45) is 5.92 Å². The van der Waals surface area contributed by atoms with E-state index in [1.54, 1.807) is 12.1 Å². The summed E-state index contributed by atoms with van der Waals surface area (Å²) in [7, 11) is 0. The third-order valence-electron chi connectivity index (χ3n) is 7.92. The van der Waals surface area contributed by atoms with Crippen molar-refractivity contribution in [2.45, 2.75) is 57.7 Å². The zero-order valence-corrected chi connectivity index (χ0v) is 21.4. The standard InChI is InChI=1S/C28H27F2N7O2/c1-14-32-26-20(29)10-16(11-23(26)37(14)18-3-4-18)25-21(30)12-31-28(35-25)34-24-5-2-15-13-36(7-6-22(15)33-24)27(39)17-8-19(38)9-17/h2,5,10-12,17-19,38H,3-4,6-9,13H2,1H3,(H,31,33,34,35). The first-order chi connectivity index (χ1) is 18.8. The van der Waals surface area contributed by atoms with Crippen LogP contribution in [0.5, 0.6) is 0 Å². The Morgan fingerprint density at radius 1 is 1.10 bits per heavy atom. The molecule has 1 amide bonds. The fraction of sp³-hybridized carbons (Fsp3) is 0.393. The molecule has 4 heterocycles. The Kier molecular flexibility index (Phi) is 5.58. The van der Waals surface area contributed by atoms with Gasteiger partial charge in [0.1, 0.15) is 22.9 Å². The lowest BCUT2D eigenvalue weighted by Gasteiger charge is -2.36. The van der Waals surface area contributed by atoms with Gasteiger partial charge in [0, 0.05) is 42.7 Å². The van der Waals surface area contributed by atoms with Crippen LogP contribution in [0.4, 0.5) is 20.5 Å². The van der Waals surface area contributed by atoms with E-state index in [1.165, 1.54) is 6.07 Å². The molecular weight excluding hydrogens is 504 g/mol. The van der Waals surface area contributed by atoms with Gasteiger partial charge in [-0.05, 0) is 56.4 Å². The van der Waals surface area contributed by atoms with Gasteiger partial charge >= 0.3 is 0 Å². The van der Waals surface area contributed by atoms with Crippen molar-refractivity contribution in [3.8, 4) is 11.3 Å². The molecule has 3 aromatic heterocycles. The van der Waals surface area contributed by atoms with Gasteiger partial charge < -0.3 is 19.9 Å². The van der Waals surface area contributed by atoms with Crippen molar-refractivity contribution < 1.29 is 18.7 Å². The highest BCUT2D eigenvalue weighted by atomic mass is 19.1. The lowest BCUT2D eigenvalue weighted by molar-refractivity contribution is -0.143. The number of aryl methyl sites for hydroxylation is 1. The van der Waals surface area contributed by atoms with Gasteiger partial charge in [0.2, 0.25) is 11.9 Å². The molecular formula is C28H27F2N7O2. The van der Waals surface area contributed by atoms with E-state index in [9.17, 15) is 14.3 Å². The number of imidazole rings is 1. The zero-order valence-electron chi connectivity index (χ0n) is 21.4. The molecule has 2 aliphatic carbocycles. The molecule has 1 aromatic carbocycles. The first-order valence-corrected chi connectivity index (χ1v) is 13.3. The second-order valence-corrected chi connectivity index (χ2v) is 10.7. The van der Waals surface area contributed by atoms with Crippen LogP contribution in [-0.4, -0.2) is 53.1 Å². The van der Waals surface area contributed by atoms with Crippen molar-refractivity contribution in [3.05, 3.63) is 59.2 Å². The minimum Gasteiger partial charge on any atom is -0.393 e. The molecule has 2 saturated carbocycles. The maximum absolute atomic E-state index is 15.0. The van der Waals surface area contributed by atoms with Gasteiger partial charge in [0.25, 0.3) is 0 Å². The fourth-order valence-corrected chi connectivity index (χ4v) is 5.67. The first-order valence-electron chi connectivity index (χ1n) is 13.3. The predicted octanol–water partition coefficient (Wildman–Crippen LogP) is 4.21. The van der Waals surface area contributed by atoms with Crippen LogP contribution in [0.2, 0.25) is 0 Å². The SMILES string of the molecule is Cc1nc2c(F)cc(-c3nc(Nc4ccc5c(n4)CCN(C(=O)C4CC(O)C4)C5)ncc3F)cc2n1C1CC1. The average molecular weight is 532 g/mol. The van der Waals surface area contributed by atoms with E-state index >= 15 is 4.39 Å². The van der Waals surface area contributed by atoms with E-state index < -0.39 is 11.6 Å². The molecule has 7 rings (SSSR count). The monoisotopic (exact) mass is 531 g/mol. The summed E-state index contributed by atoms with van der Waals surface area (Å²) < 4.78 is 31.9. The summed E-state index contributed by atoms with van der Waals surface area (Å²) in [4.78, 5) is 32.0. The second-order valence-electron chi connectivity index (χ2n) is 10.7. The van der Waals surface area contributed by atoms with Gasteiger partial charge in [-0.2, -0.15) is 0 Å². The first kappa shape index (κ1) is 24.1. The number of aliphatic hydroxyl groups excluding tert-OH is 1. The third-order valence-corrected chi connectivity index (χ3v) is 7.92. The number of carbonyl (C=O) groups excluding carboxylic acids is 1. The van der Waals surface area contributed by atoms with Crippen LogP contribution < -0.4 is 5.32 Å². The number of carbonyl (C=O) groups is 1. The highest BCUT2D eigenvalue weighted by molar-refractivity contribution is 5.83. The van der Waals surface area contributed by atoms with Crippen molar-refractivity contribution in [1.82, 2.24) is 29.4 Å². The van der Waals surface area contributed by atoms with E-state index in [2.05, 4.69) is 25.3 Å². The van der Waals surface area contributed by atoms with Crippen molar-refractivity contribution in [2.75, 3.05) is 11.9 Å². The van der Waals surface area contributed by atoms with Gasteiger partial charge in [-0.1, -0.05) is 6.07 Å². The van der Waals surface area contributed by atoms with Crippen LogP contribution in [0.1, 0.15) is 48.8 Å². The Bertz CT molecular complexity index is 1630. The van der Waals surface area contributed by atoms with E-state index in [-0.39, 0.29) is 35.1 Å². The molecule has 0 atom stereocenters.